The maximum Gasteiger partial charge on any atom is 0.269 e. The molecule has 3 nitrogen and oxygen atoms in total. The summed E-state index contributed by atoms with van der Waals surface area (Å²) in [5.74, 6) is 5.24. The van der Waals surface area contributed by atoms with E-state index in [2.05, 4.69) is 22.1 Å². The molecule has 1 N–H and O–H groups in total. The van der Waals surface area contributed by atoms with Gasteiger partial charge in [0.15, 0.2) is 0 Å². The van der Waals surface area contributed by atoms with Crippen molar-refractivity contribution in [1.29, 1.82) is 0 Å². The fourth-order valence-electron chi connectivity index (χ4n) is 1.75. The molecule has 1 aromatic carbocycles. The number of nitrogens with zero attached hydrogens (tertiary/aromatic N) is 1. The molecule has 0 saturated carbocycles. The van der Waals surface area contributed by atoms with Crippen LogP contribution in [0.25, 0.3) is 0 Å². The SMILES string of the molecule is CC(C)(C)CNC(=O)c1ccc(C#Cc2cccc(F)c2)cn1. The molecule has 0 unspecified atom stereocenters. The minimum absolute atomic E-state index is 0.0199. The Labute approximate surface area is 136 Å². The van der Waals surface area contributed by atoms with Crippen molar-refractivity contribution in [3.63, 3.8) is 0 Å². The van der Waals surface area contributed by atoms with Crippen molar-refractivity contribution in [3.8, 4) is 11.8 Å². The molecule has 0 spiro atoms. The molecule has 118 valence electrons. The first-order valence-electron chi connectivity index (χ1n) is 7.35. The quantitative estimate of drug-likeness (QED) is 0.864. The van der Waals surface area contributed by atoms with E-state index in [4.69, 9.17) is 0 Å². The zero-order chi connectivity index (χ0) is 16.9. The van der Waals surface area contributed by atoms with Crippen LogP contribution in [0.2, 0.25) is 0 Å². The fourth-order valence-corrected chi connectivity index (χ4v) is 1.75. The maximum atomic E-state index is 13.1. The van der Waals surface area contributed by atoms with Crippen LogP contribution in [0.1, 0.15) is 42.4 Å². The molecule has 0 aliphatic rings. The van der Waals surface area contributed by atoms with Crippen LogP contribution < -0.4 is 5.32 Å². The summed E-state index contributed by atoms with van der Waals surface area (Å²) < 4.78 is 13.1. The van der Waals surface area contributed by atoms with Gasteiger partial charge in [-0.2, -0.15) is 0 Å². The highest BCUT2D eigenvalue weighted by Crippen LogP contribution is 2.10. The van der Waals surface area contributed by atoms with Crippen LogP contribution in [-0.2, 0) is 0 Å². The topological polar surface area (TPSA) is 42.0 Å². The van der Waals surface area contributed by atoms with Gasteiger partial charge in [-0.1, -0.05) is 38.7 Å². The summed E-state index contributed by atoms with van der Waals surface area (Å²) in [7, 11) is 0. The number of carbonyl (C=O) groups is 1. The van der Waals surface area contributed by atoms with E-state index < -0.39 is 0 Å². The summed E-state index contributed by atoms with van der Waals surface area (Å²) in [5, 5.41) is 2.84. The second-order valence-corrected chi connectivity index (χ2v) is 6.44. The Kier molecular flexibility index (Phi) is 5.13. The smallest absolute Gasteiger partial charge is 0.269 e. The molecule has 0 atom stereocenters. The Hall–Kier alpha value is -2.67. The molecular formula is C19H19FN2O. The lowest BCUT2D eigenvalue weighted by molar-refractivity contribution is 0.0934. The number of carbonyl (C=O) groups excluding carboxylic acids is 1. The van der Waals surface area contributed by atoms with Crippen molar-refractivity contribution in [2.45, 2.75) is 20.8 Å². The second-order valence-electron chi connectivity index (χ2n) is 6.44. The summed E-state index contributed by atoms with van der Waals surface area (Å²) in [6.07, 6.45) is 1.54. The first kappa shape index (κ1) is 16.7. The zero-order valence-corrected chi connectivity index (χ0v) is 13.5. The van der Waals surface area contributed by atoms with E-state index in [1.54, 1.807) is 24.3 Å². The Morgan fingerprint density at radius 3 is 2.52 bits per heavy atom. The molecule has 23 heavy (non-hydrogen) atoms. The van der Waals surface area contributed by atoms with Gasteiger partial charge in [-0.3, -0.25) is 4.79 Å². The monoisotopic (exact) mass is 310 g/mol. The van der Waals surface area contributed by atoms with E-state index in [0.29, 0.717) is 23.4 Å². The molecule has 0 aliphatic carbocycles. The summed E-state index contributed by atoms with van der Waals surface area (Å²) in [5.41, 5.74) is 1.63. The van der Waals surface area contributed by atoms with E-state index in [-0.39, 0.29) is 17.1 Å². The Balaban J connectivity index is 2.04. The Morgan fingerprint density at radius 2 is 1.91 bits per heavy atom. The highest BCUT2D eigenvalue weighted by Gasteiger charge is 2.13. The minimum atomic E-state index is -0.319. The lowest BCUT2D eigenvalue weighted by Gasteiger charge is -2.18. The highest BCUT2D eigenvalue weighted by atomic mass is 19.1. The highest BCUT2D eigenvalue weighted by molar-refractivity contribution is 5.92. The van der Waals surface area contributed by atoms with Gasteiger partial charge in [-0.25, -0.2) is 9.37 Å². The van der Waals surface area contributed by atoms with Crippen LogP contribution >= 0.6 is 0 Å². The molecule has 0 aliphatic heterocycles. The number of benzene rings is 1. The second kappa shape index (κ2) is 7.06. The van der Waals surface area contributed by atoms with E-state index in [1.165, 1.54) is 18.3 Å². The molecule has 0 saturated heterocycles. The van der Waals surface area contributed by atoms with Gasteiger partial charge in [0.25, 0.3) is 5.91 Å². The number of rotatable bonds is 2. The Bertz CT molecular complexity index is 749. The number of hydrogen-bond acceptors (Lipinski definition) is 2. The molecule has 1 amide bonds. The third kappa shape index (κ3) is 5.55. The van der Waals surface area contributed by atoms with Gasteiger partial charge in [-0.15, -0.1) is 0 Å². The lowest BCUT2D eigenvalue weighted by Crippen LogP contribution is -2.32. The Morgan fingerprint density at radius 1 is 1.17 bits per heavy atom. The first-order chi connectivity index (χ1) is 10.8. The molecule has 2 rings (SSSR count). The van der Waals surface area contributed by atoms with Crippen LogP contribution in [-0.4, -0.2) is 17.4 Å². The van der Waals surface area contributed by atoms with Gasteiger partial charge in [0.2, 0.25) is 0 Å². The lowest BCUT2D eigenvalue weighted by atomic mass is 9.97. The summed E-state index contributed by atoms with van der Waals surface area (Å²) in [4.78, 5) is 16.1. The van der Waals surface area contributed by atoms with E-state index >= 15 is 0 Å². The molecular weight excluding hydrogens is 291 g/mol. The van der Waals surface area contributed by atoms with Crippen LogP contribution in [0.5, 0.6) is 0 Å². The summed E-state index contributed by atoms with van der Waals surface area (Å²) in [6, 6.07) is 9.45. The number of aromatic nitrogens is 1. The zero-order valence-electron chi connectivity index (χ0n) is 13.5. The molecule has 4 heteroatoms. The van der Waals surface area contributed by atoms with Crippen LogP contribution in [0.4, 0.5) is 4.39 Å². The van der Waals surface area contributed by atoms with Gasteiger partial charge >= 0.3 is 0 Å². The van der Waals surface area contributed by atoms with Gasteiger partial charge in [0.1, 0.15) is 11.5 Å². The number of amides is 1. The third-order valence-corrected chi connectivity index (χ3v) is 2.95. The van der Waals surface area contributed by atoms with Gasteiger partial charge in [0.05, 0.1) is 0 Å². The largest absolute Gasteiger partial charge is 0.350 e. The van der Waals surface area contributed by atoms with Gasteiger partial charge in [-0.05, 0) is 35.7 Å². The predicted molar refractivity (Wildman–Crippen MR) is 88.4 cm³/mol. The van der Waals surface area contributed by atoms with Crippen molar-refractivity contribution in [2.24, 2.45) is 5.41 Å². The summed E-state index contributed by atoms with van der Waals surface area (Å²) >= 11 is 0. The van der Waals surface area contributed by atoms with Crippen molar-refractivity contribution in [1.82, 2.24) is 10.3 Å². The number of halogens is 1. The minimum Gasteiger partial charge on any atom is -0.350 e. The molecule has 0 bridgehead atoms. The fraction of sp³-hybridized carbons (Fsp3) is 0.263. The van der Waals surface area contributed by atoms with E-state index in [0.717, 1.165) is 0 Å². The molecule has 2 aromatic rings. The standard InChI is InChI=1S/C19H19FN2O/c1-19(2,3)13-22-18(23)17-10-9-15(12-21-17)8-7-14-5-4-6-16(20)11-14/h4-6,9-12H,13H2,1-3H3,(H,22,23). The van der Waals surface area contributed by atoms with Crippen molar-refractivity contribution in [3.05, 3.63) is 65.2 Å². The first-order valence-corrected chi connectivity index (χ1v) is 7.35. The van der Waals surface area contributed by atoms with Gasteiger partial charge < -0.3 is 5.32 Å². The van der Waals surface area contributed by atoms with Crippen LogP contribution in [0.3, 0.4) is 0 Å². The van der Waals surface area contributed by atoms with Crippen molar-refractivity contribution in [2.75, 3.05) is 6.54 Å². The van der Waals surface area contributed by atoms with E-state index in [9.17, 15) is 9.18 Å². The molecule has 0 radical (unpaired) electrons. The van der Waals surface area contributed by atoms with E-state index in [1.807, 2.05) is 20.8 Å². The van der Waals surface area contributed by atoms with Crippen LogP contribution in [0.15, 0.2) is 42.6 Å². The van der Waals surface area contributed by atoms with Crippen molar-refractivity contribution < 1.29 is 9.18 Å². The molecule has 1 aromatic heterocycles. The van der Waals surface area contributed by atoms with Crippen LogP contribution in [0, 0.1) is 23.1 Å². The normalized spacial score (nSPS) is 10.6. The number of hydrogen-bond donors (Lipinski definition) is 1. The number of nitrogens with one attached hydrogen (secondary N) is 1. The molecule has 1 heterocycles. The molecule has 0 fully saturated rings. The summed E-state index contributed by atoms with van der Waals surface area (Å²) in [6.45, 7) is 6.72. The third-order valence-electron chi connectivity index (χ3n) is 2.95. The van der Waals surface area contributed by atoms with Gasteiger partial charge in [0, 0.05) is 23.9 Å². The average Bonchev–Trinajstić information content (AvgIpc) is 2.50. The van der Waals surface area contributed by atoms with Crippen molar-refractivity contribution >= 4 is 5.91 Å². The number of pyridine rings is 1. The predicted octanol–water partition coefficient (Wildman–Crippen LogP) is 3.40. The maximum absolute atomic E-state index is 13.1. The average molecular weight is 310 g/mol.